The third kappa shape index (κ3) is 2.97. The van der Waals surface area contributed by atoms with Crippen LogP contribution in [0.5, 0.6) is 0 Å². The summed E-state index contributed by atoms with van der Waals surface area (Å²) in [4.78, 5) is 10.9. The molecule has 0 radical (unpaired) electrons. The maximum atomic E-state index is 10.9. The minimum Gasteiger partial charge on any atom is -0.469 e. The van der Waals surface area contributed by atoms with Crippen molar-refractivity contribution < 1.29 is 14.6 Å². The number of hydrogen-bond acceptors (Lipinski definition) is 4. The molecule has 1 aliphatic rings. The van der Waals surface area contributed by atoms with Gasteiger partial charge in [0.05, 0.1) is 19.1 Å². The Kier molecular flexibility index (Phi) is 5.20. The number of rotatable bonds is 1. The van der Waals surface area contributed by atoms with Gasteiger partial charge in [-0.25, -0.2) is 0 Å². The summed E-state index contributed by atoms with van der Waals surface area (Å²) in [7, 11) is 1.36. The van der Waals surface area contributed by atoms with Crippen molar-refractivity contribution in [2.75, 3.05) is 20.2 Å². The number of carbonyl (C=O) groups excluding carboxylic acids is 1. The van der Waals surface area contributed by atoms with Crippen molar-refractivity contribution in [1.29, 1.82) is 0 Å². The molecule has 0 bridgehead atoms. The predicted molar refractivity (Wildman–Crippen MR) is 46.2 cm³/mol. The zero-order valence-corrected chi connectivity index (χ0v) is 7.76. The first kappa shape index (κ1) is 11.7. The van der Waals surface area contributed by atoms with Crippen LogP contribution >= 0.6 is 12.4 Å². The predicted octanol–water partition coefficient (Wildman–Crippen LogP) is -0.448. The van der Waals surface area contributed by atoms with Crippen LogP contribution in [0.2, 0.25) is 0 Å². The van der Waals surface area contributed by atoms with Gasteiger partial charge in [0, 0.05) is 13.1 Å². The second kappa shape index (κ2) is 5.35. The quantitative estimate of drug-likeness (QED) is 0.557. The normalized spacial score (nSPS) is 28.8. The fourth-order valence-electron chi connectivity index (χ4n) is 1.27. The average molecular weight is 196 g/mol. The summed E-state index contributed by atoms with van der Waals surface area (Å²) >= 11 is 0. The first-order valence-corrected chi connectivity index (χ1v) is 3.70. The Morgan fingerprint density at radius 3 is 2.75 bits per heavy atom. The molecular formula is C7H14ClNO3. The topological polar surface area (TPSA) is 58.6 Å². The van der Waals surface area contributed by atoms with Crippen molar-refractivity contribution in [1.82, 2.24) is 5.32 Å². The maximum absolute atomic E-state index is 10.9. The van der Waals surface area contributed by atoms with Crippen molar-refractivity contribution in [3.63, 3.8) is 0 Å². The number of esters is 1. The molecule has 0 spiro atoms. The Labute approximate surface area is 77.7 Å². The van der Waals surface area contributed by atoms with E-state index in [9.17, 15) is 4.79 Å². The summed E-state index contributed by atoms with van der Waals surface area (Å²) in [6.45, 7) is 1.19. The summed E-state index contributed by atoms with van der Waals surface area (Å²) in [6, 6.07) is 0. The van der Waals surface area contributed by atoms with Gasteiger partial charge in [-0.3, -0.25) is 4.79 Å². The van der Waals surface area contributed by atoms with Crippen molar-refractivity contribution in [2.45, 2.75) is 12.5 Å². The molecule has 1 fully saturated rings. The standard InChI is InChI=1S/C7H13NO3.ClH/c1-11-7(10)5-2-6(9)4-8-3-5;/h5-6,8-9H,2-4H2,1H3;1H/t5-,6-;/m0./s1. The molecule has 0 aromatic rings. The van der Waals surface area contributed by atoms with Gasteiger partial charge < -0.3 is 15.2 Å². The fraction of sp³-hybridized carbons (Fsp3) is 0.857. The van der Waals surface area contributed by atoms with E-state index in [1.807, 2.05) is 0 Å². The van der Waals surface area contributed by atoms with Crippen LogP contribution in [0.3, 0.4) is 0 Å². The summed E-state index contributed by atoms with van der Waals surface area (Å²) in [5.74, 6) is -0.417. The average Bonchev–Trinajstić information content (AvgIpc) is 2.03. The molecule has 0 aromatic heterocycles. The molecule has 0 saturated carbocycles. The Morgan fingerprint density at radius 2 is 2.25 bits per heavy atom. The van der Waals surface area contributed by atoms with Gasteiger partial charge in [-0.05, 0) is 6.42 Å². The molecule has 5 heteroatoms. The summed E-state index contributed by atoms with van der Waals surface area (Å²) in [5, 5.41) is 12.1. The van der Waals surface area contributed by atoms with E-state index >= 15 is 0 Å². The highest BCUT2D eigenvalue weighted by atomic mass is 35.5. The molecule has 2 atom stereocenters. The Hall–Kier alpha value is -0.320. The van der Waals surface area contributed by atoms with Crippen molar-refractivity contribution >= 4 is 18.4 Å². The summed E-state index contributed by atoms with van der Waals surface area (Å²) < 4.78 is 4.55. The molecule has 2 N–H and O–H groups in total. The van der Waals surface area contributed by atoms with Gasteiger partial charge >= 0.3 is 5.97 Å². The van der Waals surface area contributed by atoms with Crippen LogP contribution in [0.15, 0.2) is 0 Å². The van der Waals surface area contributed by atoms with Gasteiger partial charge in [0.1, 0.15) is 0 Å². The minimum atomic E-state index is -0.409. The Bertz CT molecular complexity index is 154. The lowest BCUT2D eigenvalue weighted by Gasteiger charge is -2.24. The minimum absolute atomic E-state index is 0. The molecule has 0 aliphatic carbocycles. The van der Waals surface area contributed by atoms with E-state index in [0.29, 0.717) is 19.5 Å². The van der Waals surface area contributed by atoms with Crippen LogP contribution in [-0.2, 0) is 9.53 Å². The van der Waals surface area contributed by atoms with Gasteiger partial charge in [-0.15, -0.1) is 12.4 Å². The number of aliphatic hydroxyl groups excluding tert-OH is 1. The number of hydrogen-bond donors (Lipinski definition) is 2. The van der Waals surface area contributed by atoms with E-state index in [4.69, 9.17) is 5.11 Å². The van der Waals surface area contributed by atoms with Crippen LogP contribution in [-0.4, -0.2) is 37.4 Å². The number of aliphatic hydroxyl groups is 1. The number of halogens is 1. The van der Waals surface area contributed by atoms with E-state index in [0.717, 1.165) is 0 Å². The monoisotopic (exact) mass is 195 g/mol. The Morgan fingerprint density at radius 1 is 1.58 bits per heavy atom. The zero-order chi connectivity index (χ0) is 8.27. The molecule has 12 heavy (non-hydrogen) atoms. The van der Waals surface area contributed by atoms with Crippen molar-refractivity contribution in [3.05, 3.63) is 0 Å². The van der Waals surface area contributed by atoms with Gasteiger partial charge in [-0.2, -0.15) is 0 Å². The molecule has 72 valence electrons. The van der Waals surface area contributed by atoms with Crippen LogP contribution < -0.4 is 5.32 Å². The van der Waals surface area contributed by atoms with Crippen LogP contribution in [0.25, 0.3) is 0 Å². The van der Waals surface area contributed by atoms with Crippen LogP contribution in [0, 0.1) is 5.92 Å². The van der Waals surface area contributed by atoms with Crippen molar-refractivity contribution in [2.24, 2.45) is 5.92 Å². The summed E-state index contributed by atoms with van der Waals surface area (Å²) in [6.07, 6.45) is 0.104. The van der Waals surface area contributed by atoms with Crippen LogP contribution in [0.4, 0.5) is 0 Å². The van der Waals surface area contributed by atoms with E-state index < -0.39 is 6.10 Å². The lowest BCUT2D eigenvalue weighted by molar-refractivity contribution is -0.147. The highest BCUT2D eigenvalue weighted by Gasteiger charge is 2.26. The highest BCUT2D eigenvalue weighted by Crippen LogP contribution is 2.11. The van der Waals surface area contributed by atoms with E-state index in [1.54, 1.807) is 0 Å². The molecule has 0 unspecified atom stereocenters. The second-order valence-corrected chi connectivity index (χ2v) is 2.77. The fourth-order valence-corrected chi connectivity index (χ4v) is 1.27. The number of methoxy groups -OCH3 is 1. The smallest absolute Gasteiger partial charge is 0.310 e. The van der Waals surface area contributed by atoms with E-state index in [2.05, 4.69) is 10.1 Å². The first-order chi connectivity index (χ1) is 5.24. The SMILES string of the molecule is COC(=O)[C@@H]1CNC[C@@H](O)C1.Cl. The molecule has 0 amide bonds. The van der Waals surface area contributed by atoms with Crippen LogP contribution in [0.1, 0.15) is 6.42 Å². The number of nitrogens with one attached hydrogen (secondary N) is 1. The lowest BCUT2D eigenvalue weighted by atomic mass is 9.98. The number of β-amino-alcohol motifs (C(OH)–C–C–N with tert-alkyl or cyclic N) is 1. The van der Waals surface area contributed by atoms with Gasteiger partial charge in [0.15, 0.2) is 0 Å². The number of ether oxygens (including phenoxy) is 1. The van der Waals surface area contributed by atoms with Gasteiger partial charge in [-0.1, -0.05) is 0 Å². The lowest BCUT2D eigenvalue weighted by Crippen LogP contribution is -2.42. The molecule has 1 rings (SSSR count). The van der Waals surface area contributed by atoms with Gasteiger partial charge in [0.25, 0.3) is 0 Å². The van der Waals surface area contributed by atoms with E-state index in [-0.39, 0.29) is 24.3 Å². The molecule has 1 saturated heterocycles. The molecule has 1 heterocycles. The first-order valence-electron chi connectivity index (χ1n) is 3.70. The van der Waals surface area contributed by atoms with Crippen molar-refractivity contribution in [3.8, 4) is 0 Å². The summed E-state index contributed by atoms with van der Waals surface area (Å²) in [5.41, 5.74) is 0. The number of carbonyl (C=O) groups is 1. The third-order valence-corrected chi connectivity index (χ3v) is 1.86. The second-order valence-electron chi connectivity index (χ2n) is 2.77. The highest BCUT2D eigenvalue weighted by molar-refractivity contribution is 5.85. The van der Waals surface area contributed by atoms with E-state index in [1.165, 1.54) is 7.11 Å². The van der Waals surface area contributed by atoms with Gasteiger partial charge in [0.2, 0.25) is 0 Å². The third-order valence-electron chi connectivity index (χ3n) is 1.86. The molecule has 4 nitrogen and oxygen atoms in total. The molecule has 1 aliphatic heterocycles. The zero-order valence-electron chi connectivity index (χ0n) is 6.95. The number of piperidine rings is 1. The Balaban J connectivity index is 0.00000121. The maximum Gasteiger partial charge on any atom is 0.310 e. The molecular weight excluding hydrogens is 182 g/mol. The largest absolute Gasteiger partial charge is 0.469 e. The molecule has 0 aromatic carbocycles.